The maximum Gasteiger partial charge on any atom is 0.244 e. The molecule has 2 amide bonds. The average molecular weight is 596 g/mol. The second-order valence-electron chi connectivity index (χ2n) is 10.2. The first-order valence-electron chi connectivity index (χ1n) is 13.9. The number of ether oxygens (including phenoxy) is 2. The second-order valence-corrected chi connectivity index (χ2v) is 12.1. The molecule has 3 rings (SSSR count). The lowest BCUT2D eigenvalue weighted by atomic mass is 10.0. The van der Waals surface area contributed by atoms with Gasteiger partial charge in [-0.15, -0.1) is 0 Å². The minimum atomic E-state index is -3.92. The Hall–Kier alpha value is -4.05. The minimum Gasteiger partial charge on any atom is -0.497 e. The summed E-state index contributed by atoms with van der Waals surface area (Å²) in [6, 6.07) is 20.9. The average Bonchev–Trinajstić information content (AvgIpc) is 2.97. The van der Waals surface area contributed by atoms with Crippen LogP contribution >= 0.6 is 0 Å². The van der Waals surface area contributed by atoms with E-state index in [1.807, 2.05) is 56.3 Å². The van der Waals surface area contributed by atoms with Crippen LogP contribution in [0.4, 0.5) is 5.69 Å². The van der Waals surface area contributed by atoms with E-state index in [1.165, 1.54) is 12.0 Å². The van der Waals surface area contributed by atoms with Gasteiger partial charge in [-0.2, -0.15) is 0 Å². The Bertz CT molecular complexity index is 1450. The number of hydrogen-bond acceptors (Lipinski definition) is 6. The SMILES string of the molecule is CCCCNC(=O)C(Cc1ccccc1)N(Cc1cccc(OC)c1)C(=O)CN(c1cc(C)ccc1OC)S(C)(=O)=O. The molecule has 10 heteroatoms. The van der Waals surface area contributed by atoms with Crippen molar-refractivity contribution in [1.82, 2.24) is 10.2 Å². The molecule has 0 radical (unpaired) electrons. The maximum atomic E-state index is 14.3. The van der Waals surface area contributed by atoms with Crippen molar-refractivity contribution in [2.45, 2.75) is 45.7 Å². The lowest BCUT2D eigenvalue weighted by Crippen LogP contribution is -2.53. The molecule has 0 spiro atoms. The molecule has 0 aromatic heterocycles. The van der Waals surface area contributed by atoms with E-state index in [2.05, 4.69) is 5.32 Å². The summed E-state index contributed by atoms with van der Waals surface area (Å²) >= 11 is 0. The number of methoxy groups -OCH3 is 2. The van der Waals surface area contributed by atoms with Crippen LogP contribution in [0.2, 0.25) is 0 Å². The van der Waals surface area contributed by atoms with Gasteiger partial charge in [-0.05, 0) is 54.3 Å². The first-order valence-corrected chi connectivity index (χ1v) is 15.8. The van der Waals surface area contributed by atoms with Gasteiger partial charge in [0.2, 0.25) is 21.8 Å². The second kappa shape index (κ2) is 15.3. The lowest BCUT2D eigenvalue weighted by Gasteiger charge is -2.34. The van der Waals surface area contributed by atoms with Crippen molar-refractivity contribution in [3.8, 4) is 11.5 Å². The Morgan fingerprint density at radius 3 is 2.29 bits per heavy atom. The van der Waals surface area contributed by atoms with E-state index < -0.39 is 28.5 Å². The quantitative estimate of drug-likeness (QED) is 0.262. The van der Waals surface area contributed by atoms with Crippen LogP contribution in [0.1, 0.15) is 36.5 Å². The first-order chi connectivity index (χ1) is 20.1. The van der Waals surface area contributed by atoms with Crippen LogP contribution in [0.15, 0.2) is 72.8 Å². The van der Waals surface area contributed by atoms with E-state index in [1.54, 1.807) is 37.4 Å². The summed E-state index contributed by atoms with van der Waals surface area (Å²) in [6.45, 7) is 3.88. The van der Waals surface area contributed by atoms with Crippen molar-refractivity contribution >= 4 is 27.5 Å². The van der Waals surface area contributed by atoms with Gasteiger partial charge in [0.1, 0.15) is 24.1 Å². The molecule has 0 aliphatic heterocycles. The number of unbranched alkanes of at least 4 members (excludes halogenated alkanes) is 1. The fourth-order valence-corrected chi connectivity index (χ4v) is 5.46. The molecule has 0 aliphatic rings. The summed E-state index contributed by atoms with van der Waals surface area (Å²) in [5.41, 5.74) is 2.66. The molecule has 0 saturated heterocycles. The van der Waals surface area contributed by atoms with Gasteiger partial charge >= 0.3 is 0 Å². The van der Waals surface area contributed by atoms with E-state index in [4.69, 9.17) is 9.47 Å². The van der Waals surface area contributed by atoms with Crippen molar-refractivity contribution in [2.75, 3.05) is 37.9 Å². The molecule has 226 valence electrons. The van der Waals surface area contributed by atoms with Crippen molar-refractivity contribution in [3.05, 3.63) is 89.5 Å². The predicted octanol–water partition coefficient (Wildman–Crippen LogP) is 4.33. The zero-order valence-corrected chi connectivity index (χ0v) is 25.8. The Labute approximate surface area is 249 Å². The topological polar surface area (TPSA) is 105 Å². The molecule has 1 atom stereocenters. The van der Waals surface area contributed by atoms with Crippen LogP contribution in [0.3, 0.4) is 0 Å². The van der Waals surface area contributed by atoms with E-state index >= 15 is 0 Å². The zero-order chi connectivity index (χ0) is 30.7. The van der Waals surface area contributed by atoms with Gasteiger partial charge in [-0.25, -0.2) is 8.42 Å². The van der Waals surface area contributed by atoms with Crippen LogP contribution in [0.5, 0.6) is 11.5 Å². The number of rotatable bonds is 15. The van der Waals surface area contributed by atoms with Crippen molar-refractivity contribution < 1.29 is 27.5 Å². The Kier molecular flexibility index (Phi) is 11.8. The molecule has 1 unspecified atom stereocenters. The van der Waals surface area contributed by atoms with Gasteiger partial charge in [0, 0.05) is 19.5 Å². The third-order valence-corrected chi connectivity index (χ3v) is 8.00. The normalized spacial score (nSPS) is 11.8. The molecule has 0 bridgehead atoms. The number of aryl methyl sites for hydroxylation is 1. The molecular weight excluding hydrogens is 554 g/mol. The van der Waals surface area contributed by atoms with E-state index in [0.29, 0.717) is 18.0 Å². The van der Waals surface area contributed by atoms with Crippen LogP contribution in [-0.2, 0) is 32.6 Å². The summed E-state index contributed by atoms with van der Waals surface area (Å²) in [5.74, 6) is 0.0893. The standard InChI is InChI=1S/C32H41N3O6S/c1-6-7-18-33-32(37)29(21-25-12-9-8-10-13-25)34(22-26-14-11-15-27(20-26)40-3)31(36)23-35(42(5,38)39)28-19-24(2)16-17-30(28)41-4/h8-17,19-20,29H,6-7,18,21-23H2,1-5H3,(H,33,37). The number of anilines is 1. The fraction of sp³-hybridized carbons (Fsp3) is 0.375. The van der Waals surface area contributed by atoms with Gasteiger partial charge in [0.25, 0.3) is 0 Å². The van der Waals surface area contributed by atoms with Crippen LogP contribution in [-0.4, -0.2) is 64.7 Å². The largest absolute Gasteiger partial charge is 0.497 e. The molecule has 0 fully saturated rings. The minimum absolute atomic E-state index is 0.0668. The van der Waals surface area contributed by atoms with E-state index in [9.17, 15) is 18.0 Å². The molecule has 1 N–H and O–H groups in total. The maximum absolute atomic E-state index is 14.3. The number of amides is 2. The number of sulfonamides is 1. The molecule has 0 heterocycles. The number of benzene rings is 3. The number of carbonyl (C=O) groups is 2. The third kappa shape index (κ3) is 8.97. The van der Waals surface area contributed by atoms with Gasteiger partial charge in [-0.3, -0.25) is 13.9 Å². The lowest BCUT2D eigenvalue weighted by molar-refractivity contribution is -0.140. The molecule has 0 saturated carbocycles. The monoisotopic (exact) mass is 595 g/mol. The highest BCUT2D eigenvalue weighted by molar-refractivity contribution is 7.92. The summed E-state index contributed by atoms with van der Waals surface area (Å²) in [7, 11) is -0.914. The molecule has 9 nitrogen and oxygen atoms in total. The number of nitrogens with one attached hydrogen (secondary N) is 1. The zero-order valence-electron chi connectivity index (χ0n) is 25.0. The molecule has 3 aromatic carbocycles. The van der Waals surface area contributed by atoms with Crippen molar-refractivity contribution in [1.29, 1.82) is 0 Å². The number of carbonyl (C=O) groups excluding carboxylic acids is 2. The molecular formula is C32H41N3O6S. The summed E-state index contributed by atoms with van der Waals surface area (Å²) in [6.07, 6.45) is 2.99. The van der Waals surface area contributed by atoms with Gasteiger partial charge < -0.3 is 19.7 Å². The summed E-state index contributed by atoms with van der Waals surface area (Å²) < 4.78 is 38.0. The third-order valence-electron chi connectivity index (χ3n) is 6.87. The number of nitrogens with zero attached hydrogens (tertiary/aromatic N) is 2. The van der Waals surface area contributed by atoms with Gasteiger partial charge in [0.05, 0.1) is 26.2 Å². The van der Waals surface area contributed by atoms with Crippen molar-refractivity contribution in [3.63, 3.8) is 0 Å². The van der Waals surface area contributed by atoms with E-state index in [0.717, 1.165) is 40.1 Å². The van der Waals surface area contributed by atoms with Gasteiger partial charge in [-0.1, -0.05) is 61.9 Å². The summed E-state index contributed by atoms with van der Waals surface area (Å²) in [4.78, 5) is 29.4. The van der Waals surface area contributed by atoms with E-state index in [-0.39, 0.29) is 24.6 Å². The Morgan fingerprint density at radius 2 is 1.64 bits per heavy atom. The molecule has 42 heavy (non-hydrogen) atoms. The molecule has 0 aliphatic carbocycles. The van der Waals surface area contributed by atoms with Crippen LogP contribution < -0.4 is 19.1 Å². The summed E-state index contributed by atoms with van der Waals surface area (Å²) in [5, 5.41) is 2.98. The highest BCUT2D eigenvalue weighted by atomic mass is 32.2. The predicted molar refractivity (Wildman–Crippen MR) is 165 cm³/mol. The molecule has 3 aromatic rings. The Balaban J connectivity index is 2.09. The highest BCUT2D eigenvalue weighted by Crippen LogP contribution is 2.31. The Morgan fingerprint density at radius 1 is 0.929 bits per heavy atom. The van der Waals surface area contributed by atoms with Crippen LogP contribution in [0, 0.1) is 6.92 Å². The van der Waals surface area contributed by atoms with Crippen molar-refractivity contribution in [2.24, 2.45) is 0 Å². The first kappa shape index (κ1) is 32.5. The number of hydrogen-bond donors (Lipinski definition) is 1. The highest BCUT2D eigenvalue weighted by Gasteiger charge is 2.33. The van der Waals surface area contributed by atoms with Gasteiger partial charge in [0.15, 0.2) is 0 Å². The smallest absolute Gasteiger partial charge is 0.244 e. The fourth-order valence-electron chi connectivity index (χ4n) is 4.62. The van der Waals surface area contributed by atoms with Crippen LogP contribution in [0.25, 0.3) is 0 Å².